The van der Waals surface area contributed by atoms with Crippen LogP contribution in [0, 0.1) is 0 Å². The number of para-hydroxylation sites is 1. The summed E-state index contributed by atoms with van der Waals surface area (Å²) in [7, 11) is 0. The van der Waals surface area contributed by atoms with Crippen molar-refractivity contribution in [2.24, 2.45) is 5.73 Å². The number of carbonyl (C=O) groups excluding carboxylic acids is 2. The molecule has 5 N–H and O–H groups in total. The Morgan fingerprint density at radius 2 is 1.89 bits per heavy atom. The number of amides is 2. The smallest absolute Gasteiger partial charge is 0.326 e. The summed E-state index contributed by atoms with van der Waals surface area (Å²) in [6, 6.07) is 4.23. The van der Waals surface area contributed by atoms with E-state index in [1.54, 1.807) is 0 Å². The molecular weight excluding hydrogens is 240 g/mol. The fourth-order valence-electron chi connectivity index (χ4n) is 1.30. The minimum absolute atomic E-state index is 0.0757. The zero-order valence-electron chi connectivity index (χ0n) is 9.29. The van der Waals surface area contributed by atoms with Crippen molar-refractivity contribution in [1.82, 2.24) is 5.32 Å². The Bertz CT molecular complexity index is 486. The molecule has 0 saturated heterocycles. The van der Waals surface area contributed by atoms with Gasteiger partial charge in [-0.05, 0) is 12.1 Å². The van der Waals surface area contributed by atoms with Crippen LogP contribution in [0.1, 0.15) is 16.8 Å². The SMILES string of the molecule is NC(=O)C[C@H](NC(=O)c1ccccc1O)C(=O)O. The van der Waals surface area contributed by atoms with Crippen molar-refractivity contribution in [3.8, 4) is 5.75 Å². The zero-order chi connectivity index (χ0) is 13.7. The Labute approximate surface area is 102 Å². The molecule has 1 atom stereocenters. The molecule has 1 rings (SSSR count). The van der Waals surface area contributed by atoms with Crippen LogP contribution in [0.25, 0.3) is 0 Å². The molecule has 0 unspecified atom stereocenters. The fourth-order valence-corrected chi connectivity index (χ4v) is 1.30. The van der Waals surface area contributed by atoms with Gasteiger partial charge in [0, 0.05) is 0 Å². The van der Waals surface area contributed by atoms with Gasteiger partial charge in [-0.2, -0.15) is 0 Å². The first kappa shape index (κ1) is 13.5. The maximum Gasteiger partial charge on any atom is 0.326 e. The van der Waals surface area contributed by atoms with Gasteiger partial charge in [-0.25, -0.2) is 4.79 Å². The Morgan fingerprint density at radius 3 is 2.39 bits per heavy atom. The topological polar surface area (TPSA) is 130 Å². The van der Waals surface area contributed by atoms with Gasteiger partial charge in [0.15, 0.2) is 0 Å². The number of carbonyl (C=O) groups is 3. The molecule has 0 aliphatic heterocycles. The third-order valence-electron chi connectivity index (χ3n) is 2.16. The quantitative estimate of drug-likeness (QED) is 0.558. The lowest BCUT2D eigenvalue weighted by atomic mass is 10.1. The minimum atomic E-state index is -1.42. The number of hydrogen-bond donors (Lipinski definition) is 4. The Hall–Kier alpha value is -2.57. The van der Waals surface area contributed by atoms with Crippen LogP contribution in [0.3, 0.4) is 0 Å². The van der Waals surface area contributed by atoms with E-state index in [4.69, 9.17) is 10.8 Å². The third-order valence-corrected chi connectivity index (χ3v) is 2.16. The summed E-state index contributed by atoms with van der Waals surface area (Å²) in [5.41, 5.74) is 4.80. The maximum atomic E-state index is 11.7. The highest BCUT2D eigenvalue weighted by molar-refractivity contribution is 5.99. The van der Waals surface area contributed by atoms with Crippen molar-refractivity contribution in [1.29, 1.82) is 0 Å². The van der Waals surface area contributed by atoms with Crippen LogP contribution in [0.2, 0.25) is 0 Å². The number of aliphatic carboxylic acids is 1. The van der Waals surface area contributed by atoms with Gasteiger partial charge in [-0.1, -0.05) is 12.1 Å². The van der Waals surface area contributed by atoms with Gasteiger partial charge in [0.05, 0.1) is 12.0 Å². The molecule has 0 aliphatic carbocycles. The highest BCUT2D eigenvalue weighted by Gasteiger charge is 2.23. The van der Waals surface area contributed by atoms with Crippen molar-refractivity contribution < 1.29 is 24.6 Å². The molecule has 0 heterocycles. The number of phenolic OH excluding ortho intramolecular Hbond substituents is 1. The normalized spacial score (nSPS) is 11.6. The number of primary amides is 1. The van der Waals surface area contributed by atoms with E-state index in [-0.39, 0.29) is 11.3 Å². The number of carboxylic acids is 1. The van der Waals surface area contributed by atoms with Crippen molar-refractivity contribution in [2.45, 2.75) is 12.5 Å². The van der Waals surface area contributed by atoms with E-state index < -0.39 is 30.2 Å². The summed E-state index contributed by atoms with van der Waals surface area (Å²) in [4.78, 5) is 33.1. The largest absolute Gasteiger partial charge is 0.507 e. The lowest BCUT2D eigenvalue weighted by Gasteiger charge is -2.13. The van der Waals surface area contributed by atoms with Crippen molar-refractivity contribution in [3.05, 3.63) is 29.8 Å². The molecule has 0 saturated carbocycles. The summed E-state index contributed by atoms with van der Waals surface area (Å²) in [5.74, 6) is -3.29. The molecule has 0 bridgehead atoms. The molecule has 1 aromatic rings. The second-order valence-electron chi connectivity index (χ2n) is 3.55. The van der Waals surface area contributed by atoms with Crippen molar-refractivity contribution >= 4 is 17.8 Å². The molecule has 96 valence electrons. The van der Waals surface area contributed by atoms with Crippen LogP contribution in [-0.2, 0) is 9.59 Å². The average molecular weight is 252 g/mol. The van der Waals surface area contributed by atoms with Crippen LogP contribution in [-0.4, -0.2) is 34.0 Å². The first-order chi connectivity index (χ1) is 8.41. The Kier molecular flexibility index (Phi) is 4.25. The molecule has 18 heavy (non-hydrogen) atoms. The molecule has 0 aromatic heterocycles. The van der Waals surface area contributed by atoms with E-state index in [0.717, 1.165) is 0 Å². The molecule has 7 nitrogen and oxygen atoms in total. The van der Waals surface area contributed by atoms with Gasteiger partial charge < -0.3 is 21.3 Å². The number of nitrogens with one attached hydrogen (secondary N) is 1. The number of rotatable bonds is 5. The summed E-state index contributed by atoms with van der Waals surface area (Å²) < 4.78 is 0. The maximum absolute atomic E-state index is 11.7. The number of phenols is 1. The predicted octanol–water partition coefficient (Wildman–Crippen LogP) is -0.549. The molecular formula is C11H12N2O5. The molecule has 0 fully saturated rings. The molecule has 2 amide bonds. The van der Waals surface area contributed by atoms with Crippen LogP contribution >= 0.6 is 0 Å². The van der Waals surface area contributed by atoms with Gasteiger partial charge in [0.2, 0.25) is 5.91 Å². The van der Waals surface area contributed by atoms with E-state index >= 15 is 0 Å². The number of benzene rings is 1. The number of nitrogens with two attached hydrogens (primary N) is 1. The van der Waals surface area contributed by atoms with E-state index in [2.05, 4.69) is 5.32 Å². The minimum Gasteiger partial charge on any atom is -0.507 e. The highest BCUT2D eigenvalue weighted by Crippen LogP contribution is 2.15. The number of aromatic hydroxyl groups is 1. The molecule has 0 aliphatic rings. The molecule has 7 heteroatoms. The van der Waals surface area contributed by atoms with Crippen molar-refractivity contribution in [3.63, 3.8) is 0 Å². The van der Waals surface area contributed by atoms with Gasteiger partial charge in [0.1, 0.15) is 11.8 Å². The van der Waals surface area contributed by atoms with Gasteiger partial charge in [-0.15, -0.1) is 0 Å². The first-order valence-electron chi connectivity index (χ1n) is 5.01. The van der Waals surface area contributed by atoms with E-state index in [9.17, 15) is 19.5 Å². The van der Waals surface area contributed by atoms with Gasteiger partial charge >= 0.3 is 5.97 Å². The molecule has 0 spiro atoms. The summed E-state index contributed by atoms with van der Waals surface area (Å²) in [6.07, 6.45) is -0.519. The van der Waals surface area contributed by atoms with E-state index in [1.807, 2.05) is 0 Å². The summed E-state index contributed by atoms with van der Waals surface area (Å²) in [5, 5.41) is 20.3. The monoisotopic (exact) mass is 252 g/mol. The standard InChI is InChI=1S/C11H12N2O5/c12-9(15)5-7(11(17)18)13-10(16)6-3-1-2-4-8(6)14/h1-4,7,14H,5H2,(H2,12,15)(H,13,16)(H,17,18)/t7-/m0/s1. The average Bonchev–Trinajstić information content (AvgIpc) is 2.27. The fraction of sp³-hybridized carbons (Fsp3) is 0.182. The van der Waals surface area contributed by atoms with Crippen LogP contribution in [0.4, 0.5) is 0 Å². The number of carboxylic acid groups (broad SMARTS) is 1. The Morgan fingerprint density at radius 1 is 1.28 bits per heavy atom. The van der Waals surface area contributed by atoms with Crippen molar-refractivity contribution in [2.75, 3.05) is 0 Å². The van der Waals surface area contributed by atoms with Crippen LogP contribution in [0.15, 0.2) is 24.3 Å². The third kappa shape index (κ3) is 3.48. The van der Waals surface area contributed by atoms with Crippen LogP contribution < -0.4 is 11.1 Å². The van der Waals surface area contributed by atoms with E-state index in [0.29, 0.717) is 0 Å². The molecule has 1 aromatic carbocycles. The lowest BCUT2D eigenvalue weighted by molar-refractivity contribution is -0.140. The summed E-state index contributed by atoms with van der Waals surface area (Å²) >= 11 is 0. The molecule has 0 radical (unpaired) electrons. The highest BCUT2D eigenvalue weighted by atomic mass is 16.4. The van der Waals surface area contributed by atoms with Crippen LogP contribution in [0.5, 0.6) is 5.75 Å². The first-order valence-corrected chi connectivity index (χ1v) is 5.01. The Balaban J connectivity index is 2.82. The lowest BCUT2D eigenvalue weighted by Crippen LogP contribution is -2.43. The second kappa shape index (κ2) is 5.67. The second-order valence-corrected chi connectivity index (χ2v) is 3.55. The summed E-state index contributed by atoms with van der Waals surface area (Å²) in [6.45, 7) is 0. The predicted molar refractivity (Wildman–Crippen MR) is 60.8 cm³/mol. The van der Waals surface area contributed by atoms with Gasteiger partial charge in [0.25, 0.3) is 5.91 Å². The zero-order valence-corrected chi connectivity index (χ0v) is 9.29. The van der Waals surface area contributed by atoms with E-state index in [1.165, 1.54) is 24.3 Å². The van der Waals surface area contributed by atoms with Gasteiger partial charge in [-0.3, -0.25) is 9.59 Å². The number of hydrogen-bond acceptors (Lipinski definition) is 4.